The molecule has 1 saturated carbocycles. The molecule has 0 aliphatic heterocycles. The first-order chi connectivity index (χ1) is 8.74. The smallest absolute Gasteiger partial charge is 0.224 e. The van der Waals surface area contributed by atoms with E-state index >= 15 is 0 Å². The van der Waals surface area contributed by atoms with Gasteiger partial charge < -0.3 is 15.8 Å². The molecule has 0 saturated heterocycles. The number of carbonyl (C=O) groups is 1. The van der Waals surface area contributed by atoms with E-state index in [0.717, 1.165) is 18.1 Å². The van der Waals surface area contributed by atoms with Crippen LogP contribution in [0.25, 0.3) is 0 Å². The van der Waals surface area contributed by atoms with Crippen molar-refractivity contribution < 1.29 is 9.53 Å². The zero-order chi connectivity index (χ0) is 12.8. The van der Waals surface area contributed by atoms with Gasteiger partial charge in [-0.15, -0.1) is 12.4 Å². The van der Waals surface area contributed by atoms with E-state index in [9.17, 15) is 4.79 Å². The molecule has 0 aromatic heterocycles. The summed E-state index contributed by atoms with van der Waals surface area (Å²) in [6, 6.07) is 7.36. The summed E-state index contributed by atoms with van der Waals surface area (Å²) in [5, 5.41) is 2.84. The molecule has 3 N–H and O–H groups in total. The zero-order valence-corrected chi connectivity index (χ0v) is 11.7. The van der Waals surface area contributed by atoms with Crippen molar-refractivity contribution in [3.05, 3.63) is 29.8 Å². The monoisotopic (exact) mass is 284 g/mol. The lowest BCUT2D eigenvalue weighted by Crippen LogP contribution is -2.28. The maximum absolute atomic E-state index is 11.6. The molecular weight excluding hydrogens is 264 g/mol. The zero-order valence-electron chi connectivity index (χ0n) is 10.9. The molecule has 19 heavy (non-hydrogen) atoms. The highest BCUT2D eigenvalue weighted by molar-refractivity contribution is 5.85. The van der Waals surface area contributed by atoms with Crippen LogP contribution in [0.4, 0.5) is 5.69 Å². The van der Waals surface area contributed by atoms with Gasteiger partial charge in [-0.2, -0.15) is 0 Å². The summed E-state index contributed by atoms with van der Waals surface area (Å²) in [5.41, 5.74) is 7.27. The number of nitrogens with one attached hydrogen (secondary N) is 1. The third-order valence-electron chi connectivity index (χ3n) is 2.96. The Morgan fingerprint density at radius 2 is 2.00 bits per heavy atom. The van der Waals surface area contributed by atoms with Crippen molar-refractivity contribution in [1.82, 2.24) is 5.32 Å². The van der Waals surface area contributed by atoms with E-state index in [1.54, 1.807) is 12.1 Å². The van der Waals surface area contributed by atoms with Crippen molar-refractivity contribution in [3.63, 3.8) is 0 Å². The molecule has 1 fully saturated rings. The van der Waals surface area contributed by atoms with E-state index in [1.165, 1.54) is 12.8 Å². The molecule has 1 aliphatic carbocycles. The van der Waals surface area contributed by atoms with Gasteiger partial charge in [-0.05, 0) is 36.5 Å². The summed E-state index contributed by atoms with van der Waals surface area (Å²) >= 11 is 0. The van der Waals surface area contributed by atoms with E-state index in [1.807, 2.05) is 12.1 Å². The summed E-state index contributed by atoms with van der Waals surface area (Å²) in [6.45, 7) is 2.03. The van der Waals surface area contributed by atoms with Gasteiger partial charge in [-0.25, -0.2) is 0 Å². The Balaban J connectivity index is 0.00000180. The second kappa shape index (κ2) is 8.02. The number of nitrogens with two attached hydrogens (primary N) is 1. The van der Waals surface area contributed by atoms with E-state index < -0.39 is 0 Å². The predicted molar refractivity (Wildman–Crippen MR) is 78.4 cm³/mol. The molecule has 4 nitrogen and oxygen atoms in total. The molecule has 1 amide bonds. The fourth-order valence-corrected chi connectivity index (χ4v) is 1.68. The summed E-state index contributed by atoms with van der Waals surface area (Å²) < 4.78 is 5.44. The molecule has 2 rings (SSSR count). The van der Waals surface area contributed by atoms with Crippen molar-refractivity contribution in [2.75, 3.05) is 25.5 Å². The van der Waals surface area contributed by atoms with Gasteiger partial charge in [-0.1, -0.05) is 12.1 Å². The average molecular weight is 285 g/mol. The molecule has 0 unspecified atom stereocenters. The Kier molecular flexibility index (Phi) is 6.67. The fourth-order valence-electron chi connectivity index (χ4n) is 1.68. The van der Waals surface area contributed by atoms with Crippen molar-refractivity contribution in [2.24, 2.45) is 5.92 Å². The largest absolute Gasteiger partial charge is 0.399 e. The van der Waals surface area contributed by atoms with Gasteiger partial charge in [0.25, 0.3) is 0 Å². The number of anilines is 1. The van der Waals surface area contributed by atoms with Crippen molar-refractivity contribution in [3.8, 4) is 0 Å². The summed E-state index contributed by atoms with van der Waals surface area (Å²) in [6.07, 6.45) is 2.98. The Labute approximate surface area is 120 Å². The lowest BCUT2D eigenvalue weighted by Gasteiger charge is -2.06. The second-order valence-electron chi connectivity index (χ2n) is 4.79. The van der Waals surface area contributed by atoms with Crippen LogP contribution in [0, 0.1) is 5.92 Å². The lowest BCUT2D eigenvalue weighted by molar-refractivity contribution is -0.120. The average Bonchev–Trinajstić information content (AvgIpc) is 3.16. The molecule has 1 aliphatic rings. The van der Waals surface area contributed by atoms with Gasteiger partial charge in [0.2, 0.25) is 5.91 Å². The van der Waals surface area contributed by atoms with Gasteiger partial charge in [0.15, 0.2) is 0 Å². The van der Waals surface area contributed by atoms with E-state index in [0.29, 0.717) is 25.3 Å². The summed E-state index contributed by atoms with van der Waals surface area (Å²) in [4.78, 5) is 11.6. The molecule has 0 radical (unpaired) electrons. The molecule has 0 atom stereocenters. The fraction of sp³-hybridized carbons (Fsp3) is 0.500. The highest BCUT2D eigenvalue weighted by Crippen LogP contribution is 2.28. The number of ether oxygens (including phenoxy) is 1. The Morgan fingerprint density at radius 1 is 1.32 bits per heavy atom. The molecule has 106 valence electrons. The number of benzene rings is 1. The van der Waals surface area contributed by atoms with Crippen LogP contribution in [-0.4, -0.2) is 25.7 Å². The Morgan fingerprint density at radius 3 is 2.63 bits per heavy atom. The minimum absolute atomic E-state index is 0. The van der Waals surface area contributed by atoms with Crippen LogP contribution in [0.1, 0.15) is 18.4 Å². The van der Waals surface area contributed by atoms with Crippen LogP contribution in [0.15, 0.2) is 24.3 Å². The van der Waals surface area contributed by atoms with Gasteiger partial charge >= 0.3 is 0 Å². The predicted octanol–water partition coefficient (Wildman–Crippen LogP) is 1.78. The first-order valence-corrected chi connectivity index (χ1v) is 6.43. The molecule has 1 aromatic carbocycles. The standard InChI is InChI=1S/C14H20N2O2.ClH/c15-13-5-3-11(4-6-13)9-14(17)16-7-8-18-10-12-1-2-12;/h3-6,12H,1-2,7-10,15H2,(H,16,17);1H. The van der Waals surface area contributed by atoms with Crippen LogP contribution < -0.4 is 11.1 Å². The molecule has 5 heteroatoms. The van der Waals surface area contributed by atoms with Crippen LogP contribution >= 0.6 is 12.4 Å². The number of hydrogen-bond acceptors (Lipinski definition) is 3. The van der Waals surface area contributed by atoms with Crippen LogP contribution in [0.2, 0.25) is 0 Å². The normalized spacial score (nSPS) is 13.7. The van der Waals surface area contributed by atoms with Gasteiger partial charge in [0.05, 0.1) is 13.0 Å². The van der Waals surface area contributed by atoms with Crippen molar-refractivity contribution in [1.29, 1.82) is 0 Å². The maximum atomic E-state index is 11.6. The minimum Gasteiger partial charge on any atom is -0.399 e. The number of hydrogen-bond donors (Lipinski definition) is 2. The number of carbonyl (C=O) groups excluding carboxylic acids is 1. The van der Waals surface area contributed by atoms with Crippen LogP contribution in [0.5, 0.6) is 0 Å². The highest BCUT2D eigenvalue weighted by Gasteiger charge is 2.20. The van der Waals surface area contributed by atoms with E-state index in [2.05, 4.69) is 5.32 Å². The van der Waals surface area contributed by atoms with Gasteiger partial charge in [-0.3, -0.25) is 4.79 Å². The van der Waals surface area contributed by atoms with E-state index in [-0.39, 0.29) is 18.3 Å². The minimum atomic E-state index is 0. The number of rotatable bonds is 7. The lowest BCUT2D eigenvalue weighted by atomic mass is 10.1. The highest BCUT2D eigenvalue weighted by atomic mass is 35.5. The number of halogens is 1. The maximum Gasteiger partial charge on any atom is 0.224 e. The second-order valence-corrected chi connectivity index (χ2v) is 4.79. The van der Waals surface area contributed by atoms with Crippen LogP contribution in [0.3, 0.4) is 0 Å². The summed E-state index contributed by atoms with van der Waals surface area (Å²) in [7, 11) is 0. The van der Waals surface area contributed by atoms with Crippen LogP contribution in [-0.2, 0) is 16.0 Å². The third kappa shape index (κ3) is 6.45. The summed E-state index contributed by atoms with van der Waals surface area (Å²) in [5.74, 6) is 0.797. The van der Waals surface area contributed by atoms with Gasteiger partial charge in [0.1, 0.15) is 0 Å². The molecule has 0 bridgehead atoms. The Hall–Kier alpha value is -1.26. The number of nitrogen functional groups attached to an aromatic ring is 1. The molecule has 0 spiro atoms. The quantitative estimate of drug-likeness (QED) is 0.592. The third-order valence-corrected chi connectivity index (χ3v) is 2.96. The molecule has 1 aromatic rings. The van der Waals surface area contributed by atoms with E-state index in [4.69, 9.17) is 10.5 Å². The number of amides is 1. The molecule has 0 heterocycles. The van der Waals surface area contributed by atoms with Crippen molar-refractivity contribution in [2.45, 2.75) is 19.3 Å². The SMILES string of the molecule is Cl.Nc1ccc(CC(=O)NCCOCC2CC2)cc1. The van der Waals surface area contributed by atoms with Crippen molar-refractivity contribution >= 4 is 24.0 Å². The molecular formula is C14H21ClN2O2. The first kappa shape index (κ1) is 15.8. The first-order valence-electron chi connectivity index (χ1n) is 6.43. The Bertz CT molecular complexity index is 391. The topological polar surface area (TPSA) is 64.4 Å². The van der Waals surface area contributed by atoms with Gasteiger partial charge in [0, 0.05) is 18.8 Å².